The average Bonchev–Trinajstić information content (AvgIpc) is 2.50. The molecule has 0 saturated carbocycles. The van der Waals surface area contributed by atoms with Crippen molar-refractivity contribution < 1.29 is 0 Å². The molecule has 4 heteroatoms. The first kappa shape index (κ1) is 20.1. The first-order chi connectivity index (χ1) is 11.2. The van der Waals surface area contributed by atoms with Crippen molar-refractivity contribution in [2.24, 2.45) is 7.05 Å². The Hall–Kier alpha value is -1.94. The number of hydrogen-bond donors (Lipinski definition) is 0. The molecule has 0 spiro atoms. The summed E-state index contributed by atoms with van der Waals surface area (Å²) in [7, 11) is 5.87. The molecule has 24 heavy (non-hydrogen) atoms. The molecule has 0 aliphatic carbocycles. The molecular weight excluding hydrogens is 298 g/mol. The van der Waals surface area contributed by atoms with Crippen molar-refractivity contribution in [2.75, 3.05) is 14.1 Å². The zero-order valence-corrected chi connectivity index (χ0v) is 16.1. The topological polar surface area (TPSA) is 38.1 Å². The van der Waals surface area contributed by atoms with Crippen LogP contribution in [0.5, 0.6) is 0 Å². The lowest BCUT2D eigenvalue weighted by Crippen LogP contribution is -2.15. The average molecular weight is 329 g/mol. The Morgan fingerprint density at radius 2 is 1.62 bits per heavy atom. The summed E-state index contributed by atoms with van der Waals surface area (Å²) < 4.78 is 1.58. The SMILES string of the molecule is CC(C)c1ccn(C)c(=O)c1.CC(C)c1ccnc(CN(C)C)c1. The van der Waals surface area contributed by atoms with Crippen molar-refractivity contribution in [3.05, 3.63) is 63.8 Å². The number of hydrogen-bond acceptors (Lipinski definition) is 3. The van der Waals surface area contributed by atoms with Gasteiger partial charge in [-0.1, -0.05) is 27.7 Å². The monoisotopic (exact) mass is 329 g/mol. The molecule has 0 saturated heterocycles. The van der Waals surface area contributed by atoms with Crippen molar-refractivity contribution in [1.82, 2.24) is 14.5 Å². The van der Waals surface area contributed by atoms with Gasteiger partial charge in [0.1, 0.15) is 0 Å². The van der Waals surface area contributed by atoms with Crippen molar-refractivity contribution in [2.45, 2.75) is 46.1 Å². The molecule has 0 unspecified atom stereocenters. The Morgan fingerprint density at radius 3 is 2.12 bits per heavy atom. The molecule has 2 rings (SSSR count). The number of pyridine rings is 2. The van der Waals surface area contributed by atoms with Gasteiger partial charge < -0.3 is 9.47 Å². The van der Waals surface area contributed by atoms with E-state index in [9.17, 15) is 4.79 Å². The Balaban J connectivity index is 0.000000243. The van der Waals surface area contributed by atoms with Crippen LogP contribution in [0, 0.1) is 0 Å². The number of nitrogens with zero attached hydrogens (tertiary/aromatic N) is 3. The summed E-state index contributed by atoms with van der Waals surface area (Å²) in [4.78, 5) is 17.6. The molecule has 0 atom stereocenters. The van der Waals surface area contributed by atoms with E-state index in [2.05, 4.69) is 63.8 Å². The van der Waals surface area contributed by atoms with Crippen LogP contribution in [0.15, 0.2) is 41.5 Å². The molecular formula is C20H31N3O. The van der Waals surface area contributed by atoms with Crippen LogP contribution in [-0.2, 0) is 13.6 Å². The molecule has 132 valence electrons. The predicted octanol–water partition coefficient (Wildman–Crippen LogP) is 3.78. The highest BCUT2D eigenvalue weighted by Crippen LogP contribution is 2.14. The lowest BCUT2D eigenvalue weighted by molar-refractivity contribution is 0.396. The number of rotatable bonds is 4. The summed E-state index contributed by atoms with van der Waals surface area (Å²) in [6.45, 7) is 9.48. The molecule has 4 nitrogen and oxygen atoms in total. The van der Waals surface area contributed by atoms with E-state index < -0.39 is 0 Å². The smallest absolute Gasteiger partial charge is 0.250 e. The Labute approximate surface area is 146 Å². The minimum Gasteiger partial charge on any atom is -0.319 e. The van der Waals surface area contributed by atoms with Gasteiger partial charge >= 0.3 is 0 Å². The summed E-state index contributed by atoms with van der Waals surface area (Å²) >= 11 is 0. The molecule has 0 amide bonds. The Morgan fingerprint density at radius 1 is 1.04 bits per heavy atom. The highest BCUT2D eigenvalue weighted by atomic mass is 16.1. The van der Waals surface area contributed by atoms with Crippen LogP contribution in [0.2, 0.25) is 0 Å². The third kappa shape index (κ3) is 6.67. The largest absolute Gasteiger partial charge is 0.319 e. The van der Waals surface area contributed by atoms with Crippen molar-refractivity contribution in [1.29, 1.82) is 0 Å². The molecule has 0 bridgehead atoms. The Kier molecular flexibility index (Phi) is 7.86. The van der Waals surface area contributed by atoms with Gasteiger partial charge in [0.25, 0.3) is 5.56 Å². The van der Waals surface area contributed by atoms with Crippen LogP contribution in [0.1, 0.15) is 56.4 Å². The lowest BCUT2D eigenvalue weighted by atomic mass is 10.0. The summed E-state index contributed by atoms with van der Waals surface area (Å²) in [5, 5.41) is 0. The van der Waals surface area contributed by atoms with Crippen LogP contribution in [-0.4, -0.2) is 28.5 Å². The van der Waals surface area contributed by atoms with Crippen LogP contribution in [0.25, 0.3) is 0 Å². The quantitative estimate of drug-likeness (QED) is 0.857. The maximum atomic E-state index is 11.1. The molecule has 0 aliphatic heterocycles. The summed E-state index contributed by atoms with van der Waals surface area (Å²) in [5.41, 5.74) is 3.69. The van der Waals surface area contributed by atoms with Gasteiger partial charge in [-0.25, -0.2) is 0 Å². The maximum Gasteiger partial charge on any atom is 0.250 e. The van der Waals surface area contributed by atoms with Crippen LogP contribution >= 0.6 is 0 Å². The normalized spacial score (nSPS) is 10.9. The van der Waals surface area contributed by atoms with E-state index in [1.165, 1.54) is 5.56 Å². The van der Waals surface area contributed by atoms with Crippen LogP contribution in [0.3, 0.4) is 0 Å². The molecule has 0 radical (unpaired) electrons. The van der Waals surface area contributed by atoms with Gasteiger partial charge in [-0.3, -0.25) is 9.78 Å². The van der Waals surface area contributed by atoms with Gasteiger partial charge in [0.15, 0.2) is 0 Å². The van der Waals surface area contributed by atoms with Crippen LogP contribution in [0.4, 0.5) is 0 Å². The van der Waals surface area contributed by atoms with Gasteiger partial charge in [-0.2, -0.15) is 0 Å². The van der Waals surface area contributed by atoms with E-state index in [1.54, 1.807) is 23.9 Å². The van der Waals surface area contributed by atoms with Gasteiger partial charge in [0.2, 0.25) is 0 Å². The summed E-state index contributed by atoms with van der Waals surface area (Å²) in [6, 6.07) is 7.94. The van der Waals surface area contributed by atoms with E-state index in [-0.39, 0.29) is 5.56 Å². The van der Waals surface area contributed by atoms with E-state index in [4.69, 9.17) is 0 Å². The fourth-order valence-electron chi connectivity index (χ4n) is 2.19. The minimum absolute atomic E-state index is 0.0659. The third-order valence-electron chi connectivity index (χ3n) is 3.78. The van der Waals surface area contributed by atoms with E-state index >= 15 is 0 Å². The molecule has 2 aromatic heterocycles. The number of aromatic nitrogens is 2. The van der Waals surface area contributed by atoms with Crippen molar-refractivity contribution in [3.63, 3.8) is 0 Å². The second-order valence-electron chi connectivity index (χ2n) is 7.04. The van der Waals surface area contributed by atoms with Gasteiger partial charge in [0, 0.05) is 32.1 Å². The first-order valence-corrected chi connectivity index (χ1v) is 8.46. The first-order valence-electron chi connectivity index (χ1n) is 8.46. The molecule has 0 aliphatic rings. The van der Waals surface area contributed by atoms with Gasteiger partial charge in [-0.15, -0.1) is 0 Å². The highest BCUT2D eigenvalue weighted by molar-refractivity contribution is 5.19. The fraction of sp³-hybridized carbons (Fsp3) is 0.500. The third-order valence-corrected chi connectivity index (χ3v) is 3.78. The zero-order chi connectivity index (χ0) is 18.3. The maximum absolute atomic E-state index is 11.1. The predicted molar refractivity (Wildman–Crippen MR) is 101 cm³/mol. The summed E-state index contributed by atoms with van der Waals surface area (Å²) in [5.74, 6) is 1.02. The van der Waals surface area contributed by atoms with Crippen molar-refractivity contribution in [3.8, 4) is 0 Å². The Bertz CT molecular complexity index is 687. The molecule has 0 N–H and O–H groups in total. The van der Waals surface area contributed by atoms with Crippen LogP contribution < -0.4 is 5.56 Å². The van der Waals surface area contributed by atoms with Gasteiger partial charge in [-0.05, 0) is 55.3 Å². The second-order valence-corrected chi connectivity index (χ2v) is 7.04. The van der Waals surface area contributed by atoms with Crippen molar-refractivity contribution >= 4 is 0 Å². The van der Waals surface area contributed by atoms with Gasteiger partial charge in [0.05, 0.1) is 5.69 Å². The second kappa shape index (κ2) is 9.38. The van der Waals surface area contributed by atoms with E-state index in [0.29, 0.717) is 11.8 Å². The lowest BCUT2D eigenvalue weighted by Gasteiger charge is -2.11. The van der Waals surface area contributed by atoms with E-state index in [1.807, 2.05) is 12.3 Å². The molecule has 0 aromatic carbocycles. The fourth-order valence-corrected chi connectivity index (χ4v) is 2.19. The highest BCUT2D eigenvalue weighted by Gasteiger charge is 2.01. The molecule has 2 aromatic rings. The summed E-state index contributed by atoms with van der Waals surface area (Å²) in [6.07, 6.45) is 3.70. The van der Waals surface area contributed by atoms with E-state index in [0.717, 1.165) is 17.8 Å². The molecule has 2 heterocycles. The molecule has 0 fully saturated rings. The zero-order valence-electron chi connectivity index (χ0n) is 16.1. The standard InChI is InChI=1S/C11H18N2.C9H13NO/c1-9(2)10-5-6-12-11(7-10)8-13(3)4;1-7(2)8-4-5-10(3)9(11)6-8/h5-7,9H,8H2,1-4H3;4-7H,1-3H3. The minimum atomic E-state index is 0.0659. The number of aryl methyl sites for hydroxylation is 1.